The number of carboxylic acids is 1. The van der Waals surface area contributed by atoms with Gasteiger partial charge >= 0.3 is 5.97 Å². The van der Waals surface area contributed by atoms with E-state index in [2.05, 4.69) is 0 Å². The third-order valence-electron chi connectivity index (χ3n) is 1.81. The number of hydrogen-bond donors (Lipinski definition) is 1. The molecule has 1 atom stereocenters. The molecule has 72 valence electrons. The summed E-state index contributed by atoms with van der Waals surface area (Å²) in [5.74, 6) is -2.16. The van der Waals surface area contributed by atoms with E-state index in [0.29, 0.717) is 5.56 Å². The third-order valence-corrected chi connectivity index (χ3v) is 1.81. The van der Waals surface area contributed by atoms with Crippen LogP contribution in [0.2, 0.25) is 0 Å². The highest BCUT2D eigenvalue weighted by molar-refractivity contribution is 5.68. The molecule has 14 heavy (non-hydrogen) atoms. The van der Waals surface area contributed by atoms with Crippen LogP contribution in [-0.2, 0) is 4.79 Å². The molecule has 0 bridgehead atoms. The monoisotopic (exact) mass is 193 g/mol. The van der Waals surface area contributed by atoms with Crippen molar-refractivity contribution in [1.29, 1.82) is 5.26 Å². The van der Waals surface area contributed by atoms with Crippen LogP contribution in [0.25, 0.3) is 0 Å². The molecule has 1 N–H and O–H groups in total. The molecule has 0 heterocycles. The van der Waals surface area contributed by atoms with Gasteiger partial charge in [-0.3, -0.25) is 4.79 Å². The first-order valence-corrected chi connectivity index (χ1v) is 4.00. The van der Waals surface area contributed by atoms with Crippen LogP contribution in [0.5, 0.6) is 0 Å². The van der Waals surface area contributed by atoms with Crippen LogP contribution < -0.4 is 0 Å². The van der Waals surface area contributed by atoms with Crippen molar-refractivity contribution in [2.24, 2.45) is 0 Å². The largest absolute Gasteiger partial charge is 0.481 e. The zero-order valence-electron chi connectivity index (χ0n) is 7.27. The van der Waals surface area contributed by atoms with Crippen molar-refractivity contribution in [2.45, 2.75) is 12.3 Å². The topological polar surface area (TPSA) is 61.1 Å². The van der Waals surface area contributed by atoms with E-state index in [1.165, 1.54) is 24.3 Å². The van der Waals surface area contributed by atoms with Crippen LogP contribution in [-0.4, -0.2) is 11.1 Å². The van der Waals surface area contributed by atoms with Crippen molar-refractivity contribution < 1.29 is 14.3 Å². The van der Waals surface area contributed by atoms with E-state index < -0.39 is 17.7 Å². The molecule has 0 fully saturated rings. The van der Waals surface area contributed by atoms with E-state index in [0.717, 1.165) is 0 Å². The molecule has 0 aliphatic carbocycles. The maximum Gasteiger partial charge on any atom is 0.305 e. The first-order chi connectivity index (χ1) is 6.63. The molecule has 1 aromatic carbocycles. The fourth-order valence-corrected chi connectivity index (χ4v) is 1.11. The lowest BCUT2D eigenvalue weighted by atomic mass is 9.97. The normalized spacial score (nSPS) is 11.7. The summed E-state index contributed by atoms with van der Waals surface area (Å²) in [5.41, 5.74) is 0.524. The molecule has 0 amide bonds. The van der Waals surface area contributed by atoms with Gasteiger partial charge in [-0.25, -0.2) is 4.39 Å². The number of carbonyl (C=O) groups is 1. The Morgan fingerprint density at radius 2 is 2.07 bits per heavy atom. The standard InChI is InChI=1S/C10H8FNO2/c11-9-3-1-7(2-4-9)8(6-12)5-10(13)14/h1-4,8H,5H2,(H,13,14). The first-order valence-electron chi connectivity index (χ1n) is 4.00. The highest BCUT2D eigenvalue weighted by atomic mass is 19.1. The van der Waals surface area contributed by atoms with Crippen LogP contribution in [0, 0.1) is 17.1 Å². The summed E-state index contributed by atoms with van der Waals surface area (Å²) in [4.78, 5) is 10.4. The molecule has 0 aliphatic rings. The van der Waals surface area contributed by atoms with Crippen molar-refractivity contribution in [3.05, 3.63) is 35.6 Å². The van der Waals surface area contributed by atoms with Crippen LogP contribution in [0.3, 0.4) is 0 Å². The van der Waals surface area contributed by atoms with E-state index in [-0.39, 0.29) is 6.42 Å². The van der Waals surface area contributed by atoms with Gasteiger partial charge in [0.25, 0.3) is 0 Å². The molecule has 1 aromatic rings. The van der Waals surface area contributed by atoms with Gasteiger partial charge in [-0.1, -0.05) is 12.1 Å². The van der Waals surface area contributed by atoms with Crippen molar-refractivity contribution >= 4 is 5.97 Å². The number of rotatable bonds is 3. The molecule has 4 heteroatoms. The lowest BCUT2D eigenvalue weighted by Crippen LogP contribution is -2.04. The second-order valence-corrected chi connectivity index (χ2v) is 2.83. The second-order valence-electron chi connectivity index (χ2n) is 2.83. The van der Waals surface area contributed by atoms with E-state index in [1.807, 2.05) is 6.07 Å². The Hall–Kier alpha value is -1.89. The highest BCUT2D eigenvalue weighted by Gasteiger charge is 2.14. The molecular formula is C10H8FNO2. The predicted octanol–water partition coefficient (Wildman–Crippen LogP) is 1.91. The Morgan fingerprint density at radius 1 is 1.50 bits per heavy atom. The minimum absolute atomic E-state index is 0.262. The van der Waals surface area contributed by atoms with Crippen LogP contribution in [0.15, 0.2) is 24.3 Å². The Bertz CT molecular complexity index is 367. The molecule has 3 nitrogen and oxygen atoms in total. The zero-order chi connectivity index (χ0) is 10.6. The predicted molar refractivity (Wildman–Crippen MR) is 47.0 cm³/mol. The van der Waals surface area contributed by atoms with Crippen LogP contribution in [0.4, 0.5) is 4.39 Å². The summed E-state index contributed by atoms with van der Waals surface area (Å²) in [5, 5.41) is 17.2. The quantitative estimate of drug-likeness (QED) is 0.797. The first kappa shape index (κ1) is 10.2. The van der Waals surface area contributed by atoms with E-state index in [4.69, 9.17) is 10.4 Å². The number of halogens is 1. The number of carboxylic acid groups (broad SMARTS) is 1. The highest BCUT2D eigenvalue weighted by Crippen LogP contribution is 2.18. The number of aliphatic carboxylic acids is 1. The lowest BCUT2D eigenvalue weighted by molar-refractivity contribution is -0.137. The zero-order valence-corrected chi connectivity index (χ0v) is 7.27. The van der Waals surface area contributed by atoms with E-state index in [1.54, 1.807) is 0 Å². The molecule has 0 radical (unpaired) electrons. The molecule has 1 rings (SSSR count). The average Bonchev–Trinajstić information content (AvgIpc) is 2.15. The van der Waals surface area contributed by atoms with Gasteiger partial charge in [-0.05, 0) is 17.7 Å². The van der Waals surface area contributed by atoms with Crippen LogP contribution >= 0.6 is 0 Å². The fraction of sp³-hybridized carbons (Fsp3) is 0.200. The molecule has 0 saturated carbocycles. The number of nitriles is 1. The summed E-state index contributed by atoms with van der Waals surface area (Å²) < 4.78 is 12.5. The summed E-state index contributed by atoms with van der Waals surface area (Å²) >= 11 is 0. The van der Waals surface area contributed by atoms with Crippen molar-refractivity contribution in [2.75, 3.05) is 0 Å². The molecule has 0 aromatic heterocycles. The van der Waals surface area contributed by atoms with Gasteiger partial charge in [0.15, 0.2) is 0 Å². The SMILES string of the molecule is N#CC(CC(=O)O)c1ccc(F)cc1. The number of benzene rings is 1. The Morgan fingerprint density at radius 3 is 2.50 bits per heavy atom. The maximum absolute atomic E-state index is 12.5. The van der Waals surface area contributed by atoms with Gasteiger partial charge in [0.05, 0.1) is 18.4 Å². The van der Waals surface area contributed by atoms with E-state index in [9.17, 15) is 9.18 Å². The molecule has 0 saturated heterocycles. The Kier molecular flexibility index (Phi) is 3.19. The van der Waals surface area contributed by atoms with Gasteiger partial charge in [0.2, 0.25) is 0 Å². The van der Waals surface area contributed by atoms with Gasteiger partial charge in [0, 0.05) is 0 Å². The minimum Gasteiger partial charge on any atom is -0.481 e. The van der Waals surface area contributed by atoms with Gasteiger partial charge in [0.1, 0.15) is 5.82 Å². The summed E-state index contributed by atoms with van der Waals surface area (Å²) in [6.45, 7) is 0. The van der Waals surface area contributed by atoms with Gasteiger partial charge in [-0.15, -0.1) is 0 Å². The Labute approximate surface area is 80.4 Å². The summed E-state index contributed by atoms with van der Waals surface area (Å²) in [7, 11) is 0. The number of hydrogen-bond acceptors (Lipinski definition) is 2. The molecule has 1 unspecified atom stereocenters. The number of nitrogens with zero attached hydrogens (tertiary/aromatic N) is 1. The summed E-state index contributed by atoms with van der Waals surface area (Å²) in [6, 6.07) is 7.13. The van der Waals surface area contributed by atoms with E-state index >= 15 is 0 Å². The Balaban J connectivity index is 2.85. The van der Waals surface area contributed by atoms with Crippen LogP contribution in [0.1, 0.15) is 17.9 Å². The van der Waals surface area contributed by atoms with Crippen molar-refractivity contribution in [3.8, 4) is 6.07 Å². The maximum atomic E-state index is 12.5. The van der Waals surface area contributed by atoms with Crippen molar-refractivity contribution in [3.63, 3.8) is 0 Å². The smallest absolute Gasteiger partial charge is 0.305 e. The molecule has 0 aliphatic heterocycles. The van der Waals surface area contributed by atoms with Crippen molar-refractivity contribution in [1.82, 2.24) is 0 Å². The van der Waals surface area contributed by atoms with Gasteiger partial charge in [-0.2, -0.15) is 5.26 Å². The second kappa shape index (κ2) is 4.38. The third kappa shape index (κ3) is 2.56. The lowest BCUT2D eigenvalue weighted by Gasteiger charge is -2.05. The minimum atomic E-state index is -1.04. The van der Waals surface area contributed by atoms with Gasteiger partial charge < -0.3 is 5.11 Å². The molecular weight excluding hydrogens is 185 g/mol. The average molecular weight is 193 g/mol. The molecule has 0 spiro atoms. The fourth-order valence-electron chi connectivity index (χ4n) is 1.11. The summed E-state index contributed by atoms with van der Waals surface area (Å²) in [6.07, 6.45) is -0.262.